The van der Waals surface area contributed by atoms with Crippen molar-refractivity contribution in [2.75, 3.05) is 18.5 Å². The van der Waals surface area contributed by atoms with Gasteiger partial charge in [-0.15, -0.1) is 0 Å². The first-order valence-electron chi connectivity index (χ1n) is 6.50. The minimum Gasteiger partial charge on any atom is -0.376 e. The monoisotopic (exact) mass is 256 g/mol. The summed E-state index contributed by atoms with van der Waals surface area (Å²) in [4.78, 5) is 13.4. The molecule has 0 bridgehead atoms. The molecule has 2 aromatic heterocycles. The highest BCUT2D eigenvalue weighted by atomic mass is 16.5. The fourth-order valence-corrected chi connectivity index (χ4v) is 2.17. The Morgan fingerprint density at radius 2 is 2.32 bits per heavy atom. The van der Waals surface area contributed by atoms with E-state index in [1.807, 2.05) is 12.1 Å². The van der Waals surface area contributed by atoms with Crippen molar-refractivity contribution in [3.63, 3.8) is 0 Å². The van der Waals surface area contributed by atoms with Crippen LogP contribution in [0.1, 0.15) is 18.2 Å². The Bertz CT molecular complexity index is 571. The molecule has 98 valence electrons. The number of aromatic nitrogens is 3. The van der Waals surface area contributed by atoms with Crippen LogP contribution >= 0.6 is 0 Å². The SMILES string of the molecule is CCNc1nc(-c2cccnc2)nc2c1COCC2. The van der Waals surface area contributed by atoms with Crippen LogP contribution in [-0.4, -0.2) is 28.1 Å². The standard InChI is InChI=1S/C14H16N4O/c1-2-16-14-11-9-19-7-5-12(11)17-13(18-14)10-4-3-6-15-8-10/h3-4,6,8H,2,5,7,9H2,1H3,(H,16,17,18). The van der Waals surface area contributed by atoms with Crippen molar-refractivity contribution >= 4 is 5.82 Å². The van der Waals surface area contributed by atoms with Crippen molar-refractivity contribution in [3.05, 3.63) is 35.8 Å². The first-order valence-corrected chi connectivity index (χ1v) is 6.50. The van der Waals surface area contributed by atoms with Crippen molar-refractivity contribution in [1.82, 2.24) is 15.0 Å². The van der Waals surface area contributed by atoms with Crippen LogP contribution in [0.2, 0.25) is 0 Å². The third kappa shape index (κ3) is 2.42. The van der Waals surface area contributed by atoms with E-state index < -0.39 is 0 Å². The molecule has 3 heterocycles. The minimum atomic E-state index is 0.588. The third-order valence-electron chi connectivity index (χ3n) is 3.09. The zero-order valence-electron chi connectivity index (χ0n) is 10.9. The predicted molar refractivity (Wildman–Crippen MR) is 72.8 cm³/mol. The first-order chi connectivity index (χ1) is 9.38. The van der Waals surface area contributed by atoms with Crippen molar-refractivity contribution in [2.24, 2.45) is 0 Å². The molecule has 0 aromatic carbocycles. The Morgan fingerprint density at radius 3 is 3.11 bits per heavy atom. The highest BCUT2D eigenvalue weighted by Gasteiger charge is 2.18. The van der Waals surface area contributed by atoms with Gasteiger partial charge in [0.2, 0.25) is 0 Å². The van der Waals surface area contributed by atoms with Gasteiger partial charge in [-0.2, -0.15) is 0 Å². The average molecular weight is 256 g/mol. The second-order valence-electron chi connectivity index (χ2n) is 4.40. The zero-order chi connectivity index (χ0) is 13.1. The van der Waals surface area contributed by atoms with Crippen LogP contribution in [0.4, 0.5) is 5.82 Å². The average Bonchev–Trinajstić information content (AvgIpc) is 2.48. The quantitative estimate of drug-likeness (QED) is 0.910. The molecule has 0 unspecified atom stereocenters. The van der Waals surface area contributed by atoms with Gasteiger partial charge in [0.1, 0.15) is 5.82 Å². The van der Waals surface area contributed by atoms with E-state index in [-0.39, 0.29) is 0 Å². The summed E-state index contributed by atoms with van der Waals surface area (Å²) in [6, 6.07) is 3.87. The molecule has 5 heteroatoms. The van der Waals surface area contributed by atoms with Gasteiger partial charge in [-0.05, 0) is 19.1 Å². The summed E-state index contributed by atoms with van der Waals surface area (Å²) in [6.45, 7) is 4.20. The van der Waals surface area contributed by atoms with Crippen LogP contribution in [0.15, 0.2) is 24.5 Å². The van der Waals surface area contributed by atoms with Crippen LogP contribution in [0.5, 0.6) is 0 Å². The number of ether oxygens (including phenoxy) is 1. The molecule has 19 heavy (non-hydrogen) atoms. The van der Waals surface area contributed by atoms with Gasteiger partial charge in [-0.25, -0.2) is 9.97 Å². The number of pyridine rings is 1. The summed E-state index contributed by atoms with van der Waals surface area (Å²) in [6.07, 6.45) is 4.38. The lowest BCUT2D eigenvalue weighted by atomic mass is 10.1. The minimum absolute atomic E-state index is 0.588. The molecule has 0 atom stereocenters. The number of hydrogen-bond acceptors (Lipinski definition) is 5. The number of rotatable bonds is 3. The van der Waals surface area contributed by atoms with E-state index in [0.29, 0.717) is 6.61 Å². The topological polar surface area (TPSA) is 59.9 Å². The Labute approximate surface area is 112 Å². The second kappa shape index (κ2) is 5.32. The van der Waals surface area contributed by atoms with Crippen LogP contribution in [0.25, 0.3) is 11.4 Å². The molecule has 1 aliphatic heterocycles. The summed E-state index contributed by atoms with van der Waals surface area (Å²) in [5.41, 5.74) is 3.10. The molecule has 0 amide bonds. The fraction of sp³-hybridized carbons (Fsp3) is 0.357. The maximum absolute atomic E-state index is 5.50. The van der Waals surface area contributed by atoms with Crippen LogP contribution < -0.4 is 5.32 Å². The number of hydrogen-bond donors (Lipinski definition) is 1. The van der Waals surface area contributed by atoms with Crippen molar-refractivity contribution in [2.45, 2.75) is 20.0 Å². The molecule has 0 radical (unpaired) electrons. The Balaban J connectivity index is 2.09. The van der Waals surface area contributed by atoms with Crippen molar-refractivity contribution in [3.8, 4) is 11.4 Å². The fourth-order valence-electron chi connectivity index (χ4n) is 2.17. The largest absolute Gasteiger partial charge is 0.376 e. The van der Waals surface area contributed by atoms with Gasteiger partial charge >= 0.3 is 0 Å². The first kappa shape index (κ1) is 12.0. The summed E-state index contributed by atoms with van der Waals surface area (Å²) >= 11 is 0. The lowest BCUT2D eigenvalue weighted by Crippen LogP contribution is -2.17. The molecule has 0 spiro atoms. The van der Waals surface area contributed by atoms with E-state index in [9.17, 15) is 0 Å². The molecule has 0 aliphatic carbocycles. The zero-order valence-corrected chi connectivity index (χ0v) is 10.9. The lowest BCUT2D eigenvalue weighted by Gasteiger charge is -2.19. The molecule has 1 N–H and O–H groups in total. The van der Waals surface area contributed by atoms with Gasteiger partial charge in [0, 0.05) is 36.5 Å². The van der Waals surface area contributed by atoms with Crippen LogP contribution in [0.3, 0.4) is 0 Å². The number of nitrogens with zero attached hydrogens (tertiary/aromatic N) is 3. The number of anilines is 1. The van der Waals surface area contributed by atoms with E-state index in [2.05, 4.69) is 27.2 Å². The molecule has 3 rings (SSSR count). The molecular formula is C14H16N4O. The molecule has 1 aliphatic rings. The molecule has 0 saturated carbocycles. The summed E-state index contributed by atoms with van der Waals surface area (Å²) in [5.74, 6) is 1.61. The van der Waals surface area contributed by atoms with Gasteiger partial charge in [0.05, 0.1) is 18.9 Å². The molecular weight excluding hydrogens is 240 g/mol. The summed E-state index contributed by atoms with van der Waals surface area (Å²) < 4.78 is 5.50. The van der Waals surface area contributed by atoms with E-state index in [0.717, 1.165) is 48.0 Å². The normalized spacial score (nSPS) is 13.9. The van der Waals surface area contributed by atoms with Crippen molar-refractivity contribution < 1.29 is 4.74 Å². The molecule has 2 aromatic rings. The summed E-state index contributed by atoms with van der Waals surface area (Å²) in [5, 5.41) is 3.29. The third-order valence-corrected chi connectivity index (χ3v) is 3.09. The number of nitrogens with one attached hydrogen (secondary N) is 1. The van der Waals surface area contributed by atoms with Gasteiger partial charge < -0.3 is 10.1 Å². The van der Waals surface area contributed by atoms with Gasteiger partial charge in [0.15, 0.2) is 5.82 Å². The van der Waals surface area contributed by atoms with E-state index in [1.54, 1.807) is 12.4 Å². The molecule has 0 saturated heterocycles. The highest BCUT2D eigenvalue weighted by Crippen LogP contribution is 2.25. The van der Waals surface area contributed by atoms with E-state index in [4.69, 9.17) is 4.74 Å². The van der Waals surface area contributed by atoms with Gasteiger partial charge in [0.25, 0.3) is 0 Å². The maximum atomic E-state index is 5.50. The van der Waals surface area contributed by atoms with Gasteiger partial charge in [-0.1, -0.05) is 0 Å². The Morgan fingerprint density at radius 1 is 1.37 bits per heavy atom. The summed E-state index contributed by atoms with van der Waals surface area (Å²) in [7, 11) is 0. The van der Waals surface area contributed by atoms with Gasteiger partial charge in [-0.3, -0.25) is 4.98 Å². The molecule has 5 nitrogen and oxygen atoms in total. The Kier molecular flexibility index (Phi) is 3.37. The second-order valence-corrected chi connectivity index (χ2v) is 4.40. The number of fused-ring (bicyclic) bond motifs is 1. The predicted octanol–water partition coefficient (Wildman–Crippen LogP) is 2.04. The van der Waals surface area contributed by atoms with Crippen LogP contribution in [-0.2, 0) is 17.8 Å². The maximum Gasteiger partial charge on any atom is 0.163 e. The molecule has 0 fully saturated rings. The smallest absolute Gasteiger partial charge is 0.163 e. The Hall–Kier alpha value is -2.01. The van der Waals surface area contributed by atoms with Crippen LogP contribution in [0, 0.1) is 0 Å². The van der Waals surface area contributed by atoms with E-state index >= 15 is 0 Å². The lowest BCUT2D eigenvalue weighted by molar-refractivity contribution is 0.109. The van der Waals surface area contributed by atoms with Crippen molar-refractivity contribution in [1.29, 1.82) is 0 Å². The van der Waals surface area contributed by atoms with E-state index in [1.165, 1.54) is 0 Å². The highest BCUT2D eigenvalue weighted by molar-refractivity contribution is 5.59.